The zero-order chi connectivity index (χ0) is 20.5. The van der Waals surface area contributed by atoms with Gasteiger partial charge in [-0.3, -0.25) is 9.59 Å². The highest BCUT2D eigenvalue weighted by Gasteiger charge is 2.28. The Hall–Kier alpha value is -1.54. The minimum absolute atomic E-state index is 0.0275. The Bertz CT molecular complexity index is 676. The normalized spacial score (nSPS) is 16.9. The number of carbonyl (C=O) groups is 2. The highest BCUT2D eigenvalue weighted by atomic mass is 35.5. The van der Waals surface area contributed by atoms with Crippen molar-refractivity contribution in [3.63, 3.8) is 0 Å². The van der Waals surface area contributed by atoms with Crippen molar-refractivity contribution in [2.45, 2.75) is 57.7 Å². The van der Waals surface area contributed by atoms with Crippen LogP contribution in [0, 0.1) is 0 Å². The van der Waals surface area contributed by atoms with E-state index in [1.807, 2.05) is 11.8 Å². The zero-order valence-electron chi connectivity index (χ0n) is 16.9. The summed E-state index contributed by atoms with van der Waals surface area (Å²) in [5, 5.41) is 3.73. The number of rotatable bonds is 9. The van der Waals surface area contributed by atoms with E-state index in [2.05, 4.69) is 34.0 Å². The van der Waals surface area contributed by atoms with Crippen LogP contribution in [-0.2, 0) is 9.59 Å². The van der Waals surface area contributed by atoms with Crippen LogP contribution < -0.4 is 10.2 Å². The lowest BCUT2D eigenvalue weighted by molar-refractivity contribution is -0.133. The summed E-state index contributed by atoms with van der Waals surface area (Å²) < 4.78 is 0. The number of nitrogens with zero attached hydrogens (tertiary/aromatic N) is 4. The Morgan fingerprint density at radius 3 is 2.75 bits per heavy atom. The standard InChI is InChI=1S/C19H30ClN5O2S/c1-4-6-8-21-17(26)13-28-19-22-15(20)11-16(23-19)24-9-10-25(14(3)12-24)18(27)7-5-2/h11,14H,4-10,12-13H2,1-3H3,(H,21,26)/t14-/m1/s1. The monoisotopic (exact) mass is 427 g/mol. The van der Waals surface area contributed by atoms with E-state index < -0.39 is 0 Å². The number of piperazine rings is 1. The highest BCUT2D eigenvalue weighted by molar-refractivity contribution is 7.99. The van der Waals surface area contributed by atoms with Crippen molar-refractivity contribution in [2.75, 3.05) is 36.8 Å². The number of hydrogen-bond acceptors (Lipinski definition) is 6. The molecule has 1 aromatic heterocycles. The number of aromatic nitrogens is 2. The minimum Gasteiger partial charge on any atom is -0.355 e. The summed E-state index contributed by atoms with van der Waals surface area (Å²) >= 11 is 7.47. The average Bonchev–Trinajstić information content (AvgIpc) is 2.66. The van der Waals surface area contributed by atoms with E-state index in [0.717, 1.165) is 25.1 Å². The third-order valence-electron chi connectivity index (χ3n) is 4.58. The second-order valence-electron chi connectivity index (χ2n) is 6.96. The third kappa shape index (κ3) is 6.81. The molecule has 1 saturated heterocycles. The summed E-state index contributed by atoms with van der Waals surface area (Å²) in [5.41, 5.74) is 0. The molecule has 0 saturated carbocycles. The van der Waals surface area contributed by atoms with E-state index in [9.17, 15) is 9.59 Å². The highest BCUT2D eigenvalue weighted by Crippen LogP contribution is 2.24. The molecule has 1 aliphatic rings. The smallest absolute Gasteiger partial charge is 0.230 e. The van der Waals surface area contributed by atoms with Crippen molar-refractivity contribution < 1.29 is 9.59 Å². The number of carbonyl (C=O) groups excluding carboxylic acids is 2. The molecule has 0 aliphatic carbocycles. The van der Waals surface area contributed by atoms with Gasteiger partial charge in [-0.05, 0) is 19.8 Å². The average molecular weight is 428 g/mol. The van der Waals surface area contributed by atoms with Crippen molar-refractivity contribution in [3.8, 4) is 0 Å². The van der Waals surface area contributed by atoms with Gasteiger partial charge in [-0.1, -0.05) is 43.6 Å². The number of unbranched alkanes of at least 4 members (excludes halogenated alkanes) is 1. The molecule has 1 aromatic rings. The van der Waals surface area contributed by atoms with Crippen LogP contribution in [-0.4, -0.2) is 64.7 Å². The Balaban J connectivity index is 1.96. The summed E-state index contributed by atoms with van der Waals surface area (Å²) in [7, 11) is 0. The van der Waals surface area contributed by atoms with Crippen LogP contribution in [0.25, 0.3) is 0 Å². The third-order valence-corrected chi connectivity index (χ3v) is 5.62. The molecule has 1 atom stereocenters. The Morgan fingerprint density at radius 1 is 1.29 bits per heavy atom. The van der Waals surface area contributed by atoms with Crippen molar-refractivity contribution in [3.05, 3.63) is 11.2 Å². The van der Waals surface area contributed by atoms with Gasteiger partial charge in [0.15, 0.2) is 5.16 Å². The molecule has 2 amide bonds. The van der Waals surface area contributed by atoms with Crippen molar-refractivity contribution in [1.82, 2.24) is 20.2 Å². The lowest BCUT2D eigenvalue weighted by atomic mass is 10.1. The molecule has 9 heteroatoms. The molecular formula is C19H30ClN5O2S. The summed E-state index contributed by atoms with van der Waals surface area (Å²) in [4.78, 5) is 37.0. The first-order valence-corrected chi connectivity index (χ1v) is 11.3. The van der Waals surface area contributed by atoms with Crippen molar-refractivity contribution >= 4 is 41.0 Å². The number of amides is 2. The van der Waals surface area contributed by atoms with Crippen LogP contribution in [0.1, 0.15) is 46.5 Å². The topological polar surface area (TPSA) is 78.4 Å². The fraction of sp³-hybridized carbons (Fsp3) is 0.684. The van der Waals surface area contributed by atoms with E-state index in [-0.39, 0.29) is 23.6 Å². The Morgan fingerprint density at radius 2 is 2.07 bits per heavy atom. The second-order valence-corrected chi connectivity index (χ2v) is 8.29. The van der Waals surface area contributed by atoms with Gasteiger partial charge in [0.05, 0.1) is 5.75 Å². The largest absolute Gasteiger partial charge is 0.355 e. The van der Waals surface area contributed by atoms with Gasteiger partial charge >= 0.3 is 0 Å². The number of thioether (sulfide) groups is 1. The lowest BCUT2D eigenvalue weighted by Gasteiger charge is -2.40. The lowest BCUT2D eigenvalue weighted by Crippen LogP contribution is -2.54. The minimum atomic E-state index is -0.0275. The SMILES string of the molecule is CCCCNC(=O)CSc1nc(Cl)cc(N2CCN(C(=O)CCC)[C@H](C)C2)n1. The Kier molecular flexibility index (Phi) is 9.31. The number of halogens is 1. The predicted octanol–water partition coefficient (Wildman–Crippen LogP) is 2.98. The summed E-state index contributed by atoms with van der Waals surface area (Å²) in [5.74, 6) is 1.18. The fourth-order valence-electron chi connectivity index (χ4n) is 3.09. The van der Waals surface area contributed by atoms with Crippen LogP contribution in [0.5, 0.6) is 0 Å². The van der Waals surface area contributed by atoms with Crippen LogP contribution in [0.4, 0.5) is 5.82 Å². The first-order chi connectivity index (χ1) is 13.4. The molecule has 7 nitrogen and oxygen atoms in total. The summed E-state index contributed by atoms with van der Waals surface area (Å²) in [6, 6.07) is 1.85. The molecule has 1 aliphatic heterocycles. The second kappa shape index (κ2) is 11.5. The van der Waals surface area contributed by atoms with E-state index in [1.165, 1.54) is 11.8 Å². The quantitative estimate of drug-likeness (QED) is 0.282. The van der Waals surface area contributed by atoms with Crippen molar-refractivity contribution in [1.29, 1.82) is 0 Å². The molecule has 1 N–H and O–H groups in total. The zero-order valence-corrected chi connectivity index (χ0v) is 18.5. The van der Waals surface area contributed by atoms with E-state index in [4.69, 9.17) is 11.6 Å². The molecule has 0 spiro atoms. The molecule has 0 aromatic carbocycles. The van der Waals surface area contributed by atoms with Gasteiger partial charge in [-0.25, -0.2) is 9.97 Å². The molecule has 1 fully saturated rings. The van der Waals surface area contributed by atoms with Gasteiger partial charge in [-0.15, -0.1) is 0 Å². The maximum Gasteiger partial charge on any atom is 0.230 e. The molecule has 0 radical (unpaired) electrons. The van der Waals surface area contributed by atoms with Crippen molar-refractivity contribution in [2.24, 2.45) is 0 Å². The molecule has 28 heavy (non-hydrogen) atoms. The number of anilines is 1. The predicted molar refractivity (Wildman–Crippen MR) is 114 cm³/mol. The van der Waals surface area contributed by atoms with Crippen LogP contribution >= 0.6 is 23.4 Å². The molecule has 2 rings (SSSR count). The Labute approximate surface area is 176 Å². The maximum absolute atomic E-state index is 12.2. The molecule has 156 valence electrons. The van der Waals surface area contributed by atoms with Gasteiger partial charge in [0.25, 0.3) is 0 Å². The molecule has 0 bridgehead atoms. The van der Waals surface area contributed by atoms with Gasteiger partial charge in [0.2, 0.25) is 11.8 Å². The van der Waals surface area contributed by atoms with Crippen LogP contribution in [0.2, 0.25) is 5.15 Å². The van der Waals surface area contributed by atoms with E-state index in [1.54, 1.807) is 6.07 Å². The van der Waals surface area contributed by atoms with Crippen LogP contribution in [0.15, 0.2) is 11.2 Å². The summed E-state index contributed by atoms with van der Waals surface area (Å²) in [6.45, 7) is 8.92. The number of nitrogens with one attached hydrogen (secondary N) is 1. The van der Waals surface area contributed by atoms with Crippen LogP contribution in [0.3, 0.4) is 0 Å². The molecular weight excluding hydrogens is 398 g/mol. The molecule has 2 heterocycles. The fourth-order valence-corrected chi connectivity index (χ4v) is 4.00. The van der Waals surface area contributed by atoms with Gasteiger partial charge in [0.1, 0.15) is 11.0 Å². The van der Waals surface area contributed by atoms with Gasteiger partial charge in [0, 0.05) is 44.7 Å². The summed E-state index contributed by atoms with van der Waals surface area (Å²) in [6.07, 6.45) is 3.47. The van der Waals surface area contributed by atoms with E-state index in [0.29, 0.717) is 42.9 Å². The van der Waals surface area contributed by atoms with Gasteiger partial charge in [-0.2, -0.15) is 0 Å². The maximum atomic E-state index is 12.2. The first kappa shape index (κ1) is 22.7. The van der Waals surface area contributed by atoms with E-state index >= 15 is 0 Å². The first-order valence-electron chi connectivity index (χ1n) is 9.93. The molecule has 0 unspecified atom stereocenters. The number of hydrogen-bond donors (Lipinski definition) is 1. The van der Waals surface area contributed by atoms with Gasteiger partial charge < -0.3 is 15.1 Å².